The fraction of sp³-hybridized carbons (Fsp3) is 0.308. The first kappa shape index (κ1) is 16.8. The zero-order valence-electron chi connectivity index (χ0n) is 11.9. The number of hydrogen-bond acceptors (Lipinski definition) is 3. The molecule has 21 heavy (non-hydrogen) atoms. The van der Waals surface area contributed by atoms with E-state index in [4.69, 9.17) is 11.6 Å². The normalized spacial score (nSPS) is 11.2. The van der Waals surface area contributed by atoms with Crippen molar-refractivity contribution in [2.75, 3.05) is 17.7 Å². The Morgan fingerprint density at radius 1 is 1.19 bits per heavy atom. The third-order valence-corrected chi connectivity index (χ3v) is 2.84. The first-order chi connectivity index (χ1) is 9.83. The molecular weight excluding hydrogens is 296 g/mol. The third kappa shape index (κ3) is 5.31. The van der Waals surface area contributed by atoms with E-state index in [0.29, 0.717) is 11.4 Å². The molecular formula is C13H17ClN4O3. The maximum atomic E-state index is 11.7. The van der Waals surface area contributed by atoms with Crippen LogP contribution in [0.1, 0.15) is 13.8 Å². The van der Waals surface area contributed by atoms with Gasteiger partial charge in [-0.05, 0) is 25.1 Å². The summed E-state index contributed by atoms with van der Waals surface area (Å²) in [4.78, 5) is 34.0. The Kier molecular flexibility index (Phi) is 5.98. The molecule has 7 nitrogen and oxygen atoms in total. The molecule has 0 aliphatic heterocycles. The molecule has 0 radical (unpaired) electrons. The highest BCUT2D eigenvalue weighted by atomic mass is 35.5. The predicted octanol–water partition coefficient (Wildman–Crippen LogP) is 1.55. The Hall–Kier alpha value is -2.28. The lowest BCUT2D eigenvalue weighted by Gasteiger charge is -2.14. The highest BCUT2D eigenvalue weighted by molar-refractivity contribution is 6.34. The molecule has 0 aliphatic carbocycles. The number of urea groups is 1. The Morgan fingerprint density at radius 2 is 1.86 bits per heavy atom. The Morgan fingerprint density at radius 3 is 2.38 bits per heavy atom. The largest absolute Gasteiger partial charge is 0.357 e. The lowest BCUT2D eigenvalue weighted by Crippen LogP contribution is -2.45. The first-order valence-corrected chi connectivity index (χ1v) is 6.57. The van der Waals surface area contributed by atoms with E-state index in [2.05, 4.69) is 21.3 Å². The predicted molar refractivity (Wildman–Crippen MR) is 81.4 cm³/mol. The molecule has 1 rings (SSSR count). The van der Waals surface area contributed by atoms with E-state index in [-0.39, 0.29) is 16.8 Å². The van der Waals surface area contributed by atoms with Crippen LogP contribution in [0.25, 0.3) is 0 Å². The van der Waals surface area contributed by atoms with E-state index in [1.807, 2.05) is 0 Å². The number of likely N-dealkylation sites (N-methyl/N-ethyl adjacent to an activating group) is 1. The minimum Gasteiger partial charge on any atom is -0.357 e. The van der Waals surface area contributed by atoms with Crippen molar-refractivity contribution in [2.45, 2.75) is 19.9 Å². The topological polar surface area (TPSA) is 99.3 Å². The first-order valence-electron chi connectivity index (χ1n) is 6.19. The second-order valence-electron chi connectivity index (χ2n) is 4.31. The van der Waals surface area contributed by atoms with E-state index >= 15 is 0 Å². The summed E-state index contributed by atoms with van der Waals surface area (Å²) in [5.41, 5.74) is 0.893. The van der Waals surface area contributed by atoms with Gasteiger partial charge in [0.15, 0.2) is 0 Å². The van der Waals surface area contributed by atoms with Gasteiger partial charge < -0.3 is 21.3 Å². The number of hydrogen-bond donors (Lipinski definition) is 4. The van der Waals surface area contributed by atoms with Crippen LogP contribution < -0.4 is 21.3 Å². The van der Waals surface area contributed by atoms with Crippen LogP contribution in [0, 0.1) is 0 Å². The van der Waals surface area contributed by atoms with Crippen LogP contribution in [-0.4, -0.2) is 30.9 Å². The molecule has 0 unspecified atom stereocenters. The average Bonchev–Trinajstić information content (AvgIpc) is 2.40. The summed E-state index contributed by atoms with van der Waals surface area (Å²) in [7, 11) is 1.48. The fourth-order valence-corrected chi connectivity index (χ4v) is 1.76. The lowest BCUT2D eigenvalue weighted by molar-refractivity contribution is -0.122. The summed E-state index contributed by atoms with van der Waals surface area (Å²) in [5, 5.41) is 10.3. The summed E-state index contributed by atoms with van der Waals surface area (Å²) < 4.78 is 0. The van der Waals surface area contributed by atoms with Gasteiger partial charge in [0.25, 0.3) is 0 Å². The van der Waals surface area contributed by atoms with Crippen LogP contribution >= 0.6 is 11.6 Å². The second kappa shape index (κ2) is 7.49. The van der Waals surface area contributed by atoms with Gasteiger partial charge in [0.05, 0.1) is 10.7 Å². The van der Waals surface area contributed by atoms with Crippen molar-refractivity contribution in [3.8, 4) is 0 Å². The molecule has 0 spiro atoms. The summed E-state index contributed by atoms with van der Waals surface area (Å²) >= 11 is 6.01. The van der Waals surface area contributed by atoms with Crippen molar-refractivity contribution in [1.82, 2.24) is 10.6 Å². The standard InChI is InChI=1S/C13H17ClN4O3/c1-7(12(20)15-3)16-13(21)18-11-5-4-9(6-10(11)14)17-8(2)19/h4-7H,1-3H3,(H,15,20)(H,17,19)(H2,16,18,21)/t7-/m1/s1. The lowest BCUT2D eigenvalue weighted by atomic mass is 10.2. The van der Waals surface area contributed by atoms with Gasteiger partial charge in [-0.2, -0.15) is 0 Å². The molecule has 0 fully saturated rings. The molecule has 0 aromatic heterocycles. The number of amides is 4. The van der Waals surface area contributed by atoms with Crippen LogP contribution in [0.3, 0.4) is 0 Å². The smallest absolute Gasteiger partial charge is 0.319 e. The second-order valence-corrected chi connectivity index (χ2v) is 4.72. The van der Waals surface area contributed by atoms with Crippen molar-refractivity contribution in [1.29, 1.82) is 0 Å². The molecule has 1 atom stereocenters. The van der Waals surface area contributed by atoms with E-state index in [9.17, 15) is 14.4 Å². The molecule has 0 bridgehead atoms. The molecule has 1 aromatic carbocycles. The molecule has 8 heteroatoms. The van der Waals surface area contributed by atoms with Gasteiger partial charge in [-0.15, -0.1) is 0 Å². The monoisotopic (exact) mass is 312 g/mol. The van der Waals surface area contributed by atoms with Gasteiger partial charge in [-0.1, -0.05) is 11.6 Å². The van der Waals surface area contributed by atoms with E-state index in [1.54, 1.807) is 19.1 Å². The van der Waals surface area contributed by atoms with E-state index in [1.165, 1.54) is 20.0 Å². The van der Waals surface area contributed by atoms with Crippen LogP contribution in [0.15, 0.2) is 18.2 Å². The zero-order valence-corrected chi connectivity index (χ0v) is 12.7. The van der Waals surface area contributed by atoms with Crippen molar-refractivity contribution in [3.63, 3.8) is 0 Å². The molecule has 0 heterocycles. The number of anilines is 2. The number of benzene rings is 1. The van der Waals surface area contributed by atoms with Crippen molar-refractivity contribution < 1.29 is 14.4 Å². The SMILES string of the molecule is CNC(=O)[C@@H](C)NC(=O)Nc1ccc(NC(C)=O)cc1Cl. The third-order valence-electron chi connectivity index (χ3n) is 2.52. The number of halogens is 1. The number of carbonyl (C=O) groups excluding carboxylic acids is 3. The highest BCUT2D eigenvalue weighted by Gasteiger charge is 2.14. The summed E-state index contributed by atoms with van der Waals surface area (Å²) in [6, 6.07) is 3.44. The minimum absolute atomic E-state index is 0.219. The quantitative estimate of drug-likeness (QED) is 0.679. The van der Waals surface area contributed by atoms with Crippen LogP contribution in [0.4, 0.5) is 16.2 Å². The molecule has 4 N–H and O–H groups in total. The Balaban J connectivity index is 2.68. The van der Waals surface area contributed by atoms with E-state index in [0.717, 1.165) is 0 Å². The Bertz CT molecular complexity index is 562. The molecule has 0 aliphatic rings. The van der Waals surface area contributed by atoms with Crippen LogP contribution in [-0.2, 0) is 9.59 Å². The van der Waals surface area contributed by atoms with Gasteiger partial charge in [-0.3, -0.25) is 9.59 Å². The maximum absolute atomic E-state index is 11.7. The molecule has 1 aromatic rings. The van der Waals surface area contributed by atoms with E-state index < -0.39 is 12.1 Å². The molecule has 0 saturated heterocycles. The fourth-order valence-electron chi connectivity index (χ4n) is 1.53. The Labute approximate surface area is 127 Å². The van der Waals surface area contributed by atoms with Crippen molar-refractivity contribution in [3.05, 3.63) is 23.2 Å². The van der Waals surface area contributed by atoms with Gasteiger partial charge in [0.2, 0.25) is 11.8 Å². The highest BCUT2D eigenvalue weighted by Crippen LogP contribution is 2.25. The summed E-state index contributed by atoms with van der Waals surface area (Å²) in [6.45, 7) is 2.94. The van der Waals surface area contributed by atoms with Gasteiger partial charge in [0.1, 0.15) is 6.04 Å². The molecule has 0 saturated carbocycles. The number of rotatable bonds is 4. The molecule has 4 amide bonds. The van der Waals surface area contributed by atoms with Crippen molar-refractivity contribution in [2.24, 2.45) is 0 Å². The number of carbonyl (C=O) groups is 3. The average molecular weight is 313 g/mol. The van der Waals surface area contributed by atoms with Gasteiger partial charge >= 0.3 is 6.03 Å². The molecule has 114 valence electrons. The maximum Gasteiger partial charge on any atom is 0.319 e. The zero-order chi connectivity index (χ0) is 16.0. The van der Waals surface area contributed by atoms with Gasteiger partial charge in [-0.25, -0.2) is 4.79 Å². The van der Waals surface area contributed by atoms with Crippen LogP contribution in [0.2, 0.25) is 5.02 Å². The van der Waals surface area contributed by atoms with Crippen molar-refractivity contribution >= 4 is 40.8 Å². The number of nitrogens with one attached hydrogen (secondary N) is 4. The minimum atomic E-state index is -0.674. The summed E-state index contributed by atoms with van der Waals surface area (Å²) in [6.07, 6.45) is 0. The van der Waals surface area contributed by atoms with Crippen LogP contribution in [0.5, 0.6) is 0 Å². The summed E-state index contributed by atoms with van der Waals surface area (Å²) in [5.74, 6) is -0.527. The van der Waals surface area contributed by atoms with Gasteiger partial charge in [0, 0.05) is 19.7 Å².